The van der Waals surface area contributed by atoms with E-state index < -0.39 is 0 Å². The Bertz CT molecular complexity index is 782. The molecule has 3 rings (SSSR count). The van der Waals surface area contributed by atoms with Gasteiger partial charge in [-0.15, -0.1) is 11.6 Å². The lowest BCUT2D eigenvalue weighted by atomic mass is 10.2. The molecule has 0 aliphatic rings. The Labute approximate surface area is 128 Å². The van der Waals surface area contributed by atoms with Gasteiger partial charge in [-0.05, 0) is 24.6 Å². The molecule has 0 saturated carbocycles. The second kappa shape index (κ2) is 5.74. The summed E-state index contributed by atoms with van der Waals surface area (Å²) in [5.41, 5.74) is 3.89. The predicted molar refractivity (Wildman–Crippen MR) is 83.9 cm³/mol. The Morgan fingerprint density at radius 3 is 2.86 bits per heavy atom. The van der Waals surface area contributed by atoms with E-state index >= 15 is 0 Å². The highest BCUT2D eigenvalue weighted by atomic mass is 35.5. The minimum absolute atomic E-state index is 0.352. The van der Waals surface area contributed by atoms with E-state index in [4.69, 9.17) is 16.3 Å². The van der Waals surface area contributed by atoms with Gasteiger partial charge >= 0.3 is 0 Å². The van der Waals surface area contributed by atoms with Crippen molar-refractivity contribution < 1.29 is 4.74 Å². The average Bonchev–Trinajstić information content (AvgIpc) is 2.84. The standard InChI is InChI=1S/C16H16ClN3O/c1-11-7-13-16(18-9-11)20(15(8-17)19-13)10-12-5-3-4-6-14(12)21-2/h3-7,9H,8,10H2,1-2H3. The van der Waals surface area contributed by atoms with Gasteiger partial charge in [-0.3, -0.25) is 0 Å². The fraction of sp³-hybridized carbons (Fsp3) is 0.250. The van der Waals surface area contributed by atoms with E-state index in [1.165, 1.54) is 0 Å². The van der Waals surface area contributed by atoms with Crippen LogP contribution in [0.4, 0.5) is 0 Å². The highest BCUT2D eigenvalue weighted by Gasteiger charge is 2.13. The van der Waals surface area contributed by atoms with Crippen molar-refractivity contribution in [2.75, 3.05) is 7.11 Å². The van der Waals surface area contributed by atoms with Crippen LogP contribution in [0.3, 0.4) is 0 Å². The summed E-state index contributed by atoms with van der Waals surface area (Å²) in [4.78, 5) is 9.07. The molecular weight excluding hydrogens is 286 g/mol. The molecular formula is C16H16ClN3O. The van der Waals surface area contributed by atoms with Crippen molar-refractivity contribution >= 4 is 22.8 Å². The number of aryl methyl sites for hydroxylation is 1. The molecule has 3 aromatic rings. The summed E-state index contributed by atoms with van der Waals surface area (Å²) in [7, 11) is 1.68. The molecule has 0 radical (unpaired) electrons. The quantitative estimate of drug-likeness (QED) is 0.692. The van der Waals surface area contributed by atoms with E-state index in [2.05, 4.69) is 9.97 Å². The van der Waals surface area contributed by atoms with E-state index in [9.17, 15) is 0 Å². The molecule has 5 heteroatoms. The Hall–Kier alpha value is -2.07. The zero-order valence-electron chi connectivity index (χ0n) is 12.0. The molecule has 2 aromatic heterocycles. The van der Waals surface area contributed by atoms with Gasteiger partial charge in [0.15, 0.2) is 5.65 Å². The third-order valence-corrected chi connectivity index (χ3v) is 3.68. The number of alkyl halides is 1. The van der Waals surface area contributed by atoms with Gasteiger partial charge in [0.25, 0.3) is 0 Å². The zero-order valence-corrected chi connectivity index (χ0v) is 12.8. The maximum Gasteiger partial charge on any atom is 0.160 e. The average molecular weight is 302 g/mol. The lowest BCUT2D eigenvalue weighted by Gasteiger charge is -2.11. The van der Waals surface area contributed by atoms with Crippen molar-refractivity contribution in [3.8, 4) is 5.75 Å². The lowest BCUT2D eigenvalue weighted by molar-refractivity contribution is 0.408. The molecule has 0 unspecified atom stereocenters. The normalized spacial score (nSPS) is 11.0. The van der Waals surface area contributed by atoms with Gasteiger partial charge < -0.3 is 9.30 Å². The second-order valence-corrected chi connectivity index (χ2v) is 5.18. The first-order valence-corrected chi connectivity index (χ1v) is 7.26. The summed E-state index contributed by atoms with van der Waals surface area (Å²) >= 11 is 6.04. The molecule has 0 spiro atoms. The third-order valence-electron chi connectivity index (χ3n) is 3.44. The second-order valence-electron chi connectivity index (χ2n) is 4.92. The molecule has 0 amide bonds. The summed E-state index contributed by atoms with van der Waals surface area (Å²) in [5.74, 6) is 2.02. The SMILES string of the molecule is COc1ccccc1Cn1c(CCl)nc2cc(C)cnc21. The number of hydrogen-bond acceptors (Lipinski definition) is 3. The van der Waals surface area contributed by atoms with Crippen LogP contribution in [0.2, 0.25) is 0 Å². The van der Waals surface area contributed by atoms with Crippen LogP contribution in [0, 0.1) is 6.92 Å². The fourth-order valence-electron chi connectivity index (χ4n) is 2.43. The molecule has 0 bridgehead atoms. The highest BCUT2D eigenvalue weighted by Crippen LogP contribution is 2.23. The molecule has 108 valence electrons. The van der Waals surface area contributed by atoms with E-state index in [0.717, 1.165) is 33.9 Å². The smallest absolute Gasteiger partial charge is 0.160 e. The summed E-state index contributed by atoms with van der Waals surface area (Å²) in [6.07, 6.45) is 1.85. The van der Waals surface area contributed by atoms with Crippen molar-refractivity contribution in [3.05, 3.63) is 53.5 Å². The summed E-state index contributed by atoms with van der Waals surface area (Å²) in [5, 5.41) is 0. The minimum atomic E-state index is 0.352. The fourth-order valence-corrected chi connectivity index (χ4v) is 2.63. The van der Waals surface area contributed by atoms with Crippen LogP contribution in [0.25, 0.3) is 11.2 Å². The number of imidazole rings is 1. The van der Waals surface area contributed by atoms with Crippen LogP contribution in [-0.2, 0) is 12.4 Å². The number of aromatic nitrogens is 3. The molecule has 21 heavy (non-hydrogen) atoms. The van der Waals surface area contributed by atoms with Gasteiger partial charge in [-0.1, -0.05) is 18.2 Å². The lowest BCUT2D eigenvalue weighted by Crippen LogP contribution is -2.06. The molecule has 0 aliphatic carbocycles. The number of methoxy groups -OCH3 is 1. The molecule has 2 heterocycles. The zero-order chi connectivity index (χ0) is 14.8. The Kier molecular flexibility index (Phi) is 3.80. The van der Waals surface area contributed by atoms with Crippen LogP contribution in [0.5, 0.6) is 5.75 Å². The van der Waals surface area contributed by atoms with Crippen molar-refractivity contribution in [2.24, 2.45) is 0 Å². The summed E-state index contributed by atoms with van der Waals surface area (Å²) < 4.78 is 7.45. The van der Waals surface area contributed by atoms with Crippen LogP contribution in [-0.4, -0.2) is 21.6 Å². The van der Waals surface area contributed by atoms with E-state index in [-0.39, 0.29) is 0 Å². The Morgan fingerprint density at radius 2 is 2.10 bits per heavy atom. The maximum atomic E-state index is 6.04. The summed E-state index contributed by atoms with van der Waals surface area (Å²) in [6, 6.07) is 9.97. The van der Waals surface area contributed by atoms with Crippen LogP contribution in [0.15, 0.2) is 36.5 Å². The number of ether oxygens (including phenoxy) is 1. The topological polar surface area (TPSA) is 39.9 Å². The van der Waals surface area contributed by atoms with E-state index in [1.807, 2.05) is 48.0 Å². The molecule has 0 aliphatic heterocycles. The van der Waals surface area contributed by atoms with Gasteiger partial charge in [0.05, 0.1) is 19.5 Å². The van der Waals surface area contributed by atoms with Crippen LogP contribution < -0.4 is 4.74 Å². The van der Waals surface area contributed by atoms with Crippen molar-refractivity contribution in [2.45, 2.75) is 19.3 Å². The highest BCUT2D eigenvalue weighted by molar-refractivity contribution is 6.16. The molecule has 4 nitrogen and oxygen atoms in total. The molecule has 1 aromatic carbocycles. The van der Waals surface area contributed by atoms with Gasteiger partial charge in [0, 0.05) is 11.8 Å². The Balaban J connectivity index is 2.11. The maximum absolute atomic E-state index is 6.04. The van der Waals surface area contributed by atoms with Crippen molar-refractivity contribution in [1.82, 2.24) is 14.5 Å². The first kappa shape index (κ1) is 13.9. The van der Waals surface area contributed by atoms with Crippen LogP contribution in [0.1, 0.15) is 17.0 Å². The number of benzene rings is 1. The largest absolute Gasteiger partial charge is 0.496 e. The Morgan fingerprint density at radius 1 is 1.29 bits per heavy atom. The number of hydrogen-bond donors (Lipinski definition) is 0. The van der Waals surface area contributed by atoms with Crippen LogP contribution >= 0.6 is 11.6 Å². The number of rotatable bonds is 4. The van der Waals surface area contributed by atoms with Gasteiger partial charge in [0.1, 0.15) is 17.1 Å². The number of para-hydroxylation sites is 1. The monoisotopic (exact) mass is 301 g/mol. The first-order chi connectivity index (χ1) is 10.2. The molecule has 0 atom stereocenters. The minimum Gasteiger partial charge on any atom is -0.496 e. The number of halogens is 1. The molecule has 0 N–H and O–H groups in total. The van der Waals surface area contributed by atoms with Gasteiger partial charge in [-0.25, -0.2) is 9.97 Å². The van der Waals surface area contributed by atoms with E-state index in [0.29, 0.717) is 12.4 Å². The van der Waals surface area contributed by atoms with Crippen molar-refractivity contribution in [1.29, 1.82) is 0 Å². The third kappa shape index (κ3) is 2.59. The number of nitrogens with zero attached hydrogens (tertiary/aromatic N) is 3. The number of fused-ring (bicyclic) bond motifs is 1. The van der Waals surface area contributed by atoms with E-state index in [1.54, 1.807) is 7.11 Å². The van der Waals surface area contributed by atoms with Gasteiger partial charge in [-0.2, -0.15) is 0 Å². The first-order valence-electron chi connectivity index (χ1n) is 6.72. The molecule has 0 saturated heterocycles. The summed E-state index contributed by atoms with van der Waals surface area (Å²) in [6.45, 7) is 2.64. The number of pyridine rings is 1. The van der Waals surface area contributed by atoms with Crippen molar-refractivity contribution in [3.63, 3.8) is 0 Å². The molecule has 0 fully saturated rings. The predicted octanol–water partition coefficient (Wildman–Crippen LogP) is 3.54. The van der Waals surface area contributed by atoms with Gasteiger partial charge in [0.2, 0.25) is 0 Å².